The minimum atomic E-state index is -1.09. The quantitative estimate of drug-likeness (QED) is 0.880. The maximum Gasteiger partial charge on any atom is 0.335 e. The monoisotopic (exact) mass is 269 g/mol. The third-order valence-electron chi connectivity index (χ3n) is 3.75. The lowest BCUT2D eigenvalue weighted by Gasteiger charge is -2.16. The Morgan fingerprint density at radius 1 is 1.05 bits per heavy atom. The highest BCUT2D eigenvalue weighted by Crippen LogP contribution is 2.26. The Morgan fingerprint density at radius 2 is 1.80 bits per heavy atom. The summed E-state index contributed by atoms with van der Waals surface area (Å²) in [6.45, 7) is 0. The summed E-state index contributed by atoms with van der Waals surface area (Å²) in [4.78, 5) is 25.3. The van der Waals surface area contributed by atoms with Gasteiger partial charge in [-0.1, -0.05) is 12.1 Å². The molecule has 0 aliphatic heterocycles. The van der Waals surface area contributed by atoms with Gasteiger partial charge in [0.2, 0.25) is 5.56 Å². The van der Waals surface area contributed by atoms with Crippen LogP contribution in [-0.2, 0) is 12.8 Å². The van der Waals surface area contributed by atoms with E-state index in [0.717, 1.165) is 24.5 Å². The van der Waals surface area contributed by atoms with Gasteiger partial charge in [0.25, 0.3) is 0 Å². The second-order valence-corrected chi connectivity index (χ2v) is 5.14. The Bertz CT molecular complexity index is 731. The van der Waals surface area contributed by atoms with Crippen molar-refractivity contribution in [3.63, 3.8) is 0 Å². The highest BCUT2D eigenvalue weighted by Gasteiger charge is 2.12. The predicted octanol–water partition coefficient (Wildman–Crippen LogP) is 2.62. The van der Waals surface area contributed by atoms with Gasteiger partial charge in [0.05, 0.1) is 5.56 Å². The largest absolute Gasteiger partial charge is 0.478 e. The van der Waals surface area contributed by atoms with Gasteiger partial charge < -0.3 is 10.1 Å². The Balaban J connectivity index is 2.09. The number of benzene rings is 1. The first kappa shape index (κ1) is 12.7. The smallest absolute Gasteiger partial charge is 0.335 e. The molecule has 0 bridgehead atoms. The second kappa shape index (κ2) is 4.96. The summed E-state index contributed by atoms with van der Waals surface area (Å²) in [7, 11) is 0. The molecule has 0 spiro atoms. The van der Waals surface area contributed by atoms with Crippen molar-refractivity contribution in [1.29, 1.82) is 0 Å². The molecule has 0 radical (unpaired) electrons. The summed E-state index contributed by atoms with van der Waals surface area (Å²) < 4.78 is 0. The lowest BCUT2D eigenvalue weighted by atomic mass is 9.90. The third kappa shape index (κ3) is 2.37. The summed E-state index contributed by atoms with van der Waals surface area (Å²) in [5.74, 6) is -1.09. The average molecular weight is 269 g/mol. The number of rotatable bonds is 2. The fourth-order valence-corrected chi connectivity index (χ4v) is 2.72. The minimum Gasteiger partial charge on any atom is -0.478 e. The lowest BCUT2D eigenvalue weighted by Crippen LogP contribution is -2.10. The molecular formula is C16H15NO3. The summed E-state index contributed by atoms with van der Waals surface area (Å²) in [5.41, 5.74) is 3.71. The Labute approximate surface area is 116 Å². The molecular weight excluding hydrogens is 254 g/mol. The normalized spacial score (nSPS) is 13.8. The summed E-state index contributed by atoms with van der Waals surface area (Å²) in [5, 5.41) is 9.02. The lowest BCUT2D eigenvalue weighted by molar-refractivity contribution is 0.0696. The second-order valence-electron chi connectivity index (χ2n) is 5.14. The van der Waals surface area contributed by atoms with Gasteiger partial charge in [0.1, 0.15) is 0 Å². The number of carboxylic acid groups (broad SMARTS) is 1. The van der Waals surface area contributed by atoms with Gasteiger partial charge in [0.15, 0.2) is 0 Å². The van der Waals surface area contributed by atoms with Crippen molar-refractivity contribution >= 4 is 5.97 Å². The standard InChI is InChI=1S/C16H15NO3/c18-15-9-13(16(19)20)8-14(17-15)12-6-5-10-3-1-2-4-11(10)7-12/h5-9H,1-4H2,(H,17,18)(H,19,20). The van der Waals surface area contributed by atoms with E-state index in [4.69, 9.17) is 5.11 Å². The molecule has 3 rings (SSSR count). The highest BCUT2D eigenvalue weighted by atomic mass is 16.4. The maximum atomic E-state index is 11.6. The van der Waals surface area contributed by atoms with Gasteiger partial charge in [-0.15, -0.1) is 0 Å². The number of nitrogens with one attached hydrogen (secondary N) is 1. The number of aryl methyl sites for hydroxylation is 2. The Hall–Kier alpha value is -2.36. The molecule has 102 valence electrons. The van der Waals surface area contributed by atoms with Crippen molar-refractivity contribution in [2.45, 2.75) is 25.7 Å². The van der Waals surface area contributed by atoms with Crippen molar-refractivity contribution in [3.8, 4) is 11.3 Å². The summed E-state index contributed by atoms with van der Waals surface area (Å²) in [6.07, 6.45) is 4.55. The maximum absolute atomic E-state index is 11.6. The number of aromatic amines is 1. The molecule has 2 N–H and O–H groups in total. The molecule has 0 atom stereocenters. The molecule has 0 unspecified atom stereocenters. The van der Waals surface area contributed by atoms with E-state index in [1.807, 2.05) is 6.07 Å². The number of carbonyl (C=O) groups is 1. The van der Waals surface area contributed by atoms with E-state index in [1.54, 1.807) is 0 Å². The van der Waals surface area contributed by atoms with Crippen LogP contribution in [0.4, 0.5) is 0 Å². The summed E-state index contributed by atoms with van der Waals surface area (Å²) in [6, 6.07) is 8.70. The average Bonchev–Trinajstić information content (AvgIpc) is 2.46. The topological polar surface area (TPSA) is 70.2 Å². The van der Waals surface area contributed by atoms with Gasteiger partial charge in [-0.3, -0.25) is 4.79 Å². The Morgan fingerprint density at radius 3 is 2.55 bits per heavy atom. The number of aromatic carboxylic acids is 1. The van der Waals surface area contributed by atoms with Gasteiger partial charge >= 0.3 is 5.97 Å². The zero-order valence-corrected chi connectivity index (χ0v) is 11.0. The number of aromatic nitrogens is 1. The molecule has 1 aliphatic rings. The molecule has 0 saturated heterocycles. The zero-order chi connectivity index (χ0) is 14.1. The van der Waals surface area contributed by atoms with Crippen LogP contribution in [0.15, 0.2) is 35.1 Å². The van der Waals surface area contributed by atoms with Crippen LogP contribution in [0.25, 0.3) is 11.3 Å². The van der Waals surface area contributed by atoms with Crippen LogP contribution in [0.5, 0.6) is 0 Å². The van der Waals surface area contributed by atoms with Crippen molar-refractivity contribution < 1.29 is 9.90 Å². The number of H-pyrrole nitrogens is 1. The molecule has 0 fully saturated rings. The van der Waals surface area contributed by atoms with Crippen molar-refractivity contribution in [1.82, 2.24) is 4.98 Å². The third-order valence-corrected chi connectivity index (χ3v) is 3.75. The molecule has 1 aliphatic carbocycles. The number of fused-ring (bicyclic) bond motifs is 1. The van der Waals surface area contributed by atoms with Crippen LogP contribution >= 0.6 is 0 Å². The van der Waals surface area contributed by atoms with Crippen LogP contribution in [-0.4, -0.2) is 16.1 Å². The molecule has 1 aromatic heterocycles. The molecule has 2 aromatic rings. The van der Waals surface area contributed by atoms with Crippen LogP contribution < -0.4 is 5.56 Å². The summed E-state index contributed by atoms with van der Waals surface area (Å²) >= 11 is 0. The van der Waals surface area contributed by atoms with Gasteiger partial charge in [-0.05, 0) is 54.5 Å². The molecule has 4 heteroatoms. The predicted molar refractivity (Wildman–Crippen MR) is 76.1 cm³/mol. The van der Waals surface area contributed by atoms with E-state index in [0.29, 0.717) is 5.69 Å². The molecule has 1 aromatic carbocycles. The van der Waals surface area contributed by atoms with Crippen LogP contribution in [0.3, 0.4) is 0 Å². The molecule has 20 heavy (non-hydrogen) atoms. The number of hydrogen-bond donors (Lipinski definition) is 2. The first-order valence-corrected chi connectivity index (χ1v) is 6.73. The van der Waals surface area contributed by atoms with E-state index < -0.39 is 11.5 Å². The highest BCUT2D eigenvalue weighted by molar-refractivity contribution is 5.88. The van der Waals surface area contributed by atoms with Gasteiger partial charge in [0, 0.05) is 11.8 Å². The molecule has 0 amide bonds. The van der Waals surface area contributed by atoms with Crippen molar-refractivity contribution in [3.05, 3.63) is 57.4 Å². The van der Waals surface area contributed by atoms with E-state index >= 15 is 0 Å². The van der Waals surface area contributed by atoms with Gasteiger partial charge in [-0.25, -0.2) is 4.79 Å². The van der Waals surface area contributed by atoms with E-state index in [9.17, 15) is 9.59 Å². The zero-order valence-electron chi connectivity index (χ0n) is 11.0. The van der Waals surface area contributed by atoms with Crippen molar-refractivity contribution in [2.24, 2.45) is 0 Å². The minimum absolute atomic E-state index is 0.0153. The van der Waals surface area contributed by atoms with Crippen LogP contribution in [0.2, 0.25) is 0 Å². The Kier molecular flexibility index (Phi) is 3.14. The fourth-order valence-electron chi connectivity index (χ4n) is 2.72. The molecule has 1 heterocycles. The van der Waals surface area contributed by atoms with Crippen LogP contribution in [0.1, 0.15) is 34.3 Å². The number of pyridine rings is 1. The van der Waals surface area contributed by atoms with E-state index in [2.05, 4.69) is 17.1 Å². The first-order valence-electron chi connectivity index (χ1n) is 6.73. The van der Waals surface area contributed by atoms with Crippen LogP contribution in [0, 0.1) is 0 Å². The number of hydrogen-bond acceptors (Lipinski definition) is 2. The first-order chi connectivity index (χ1) is 9.63. The molecule has 0 saturated carbocycles. The number of carboxylic acids is 1. The van der Waals surface area contributed by atoms with Gasteiger partial charge in [-0.2, -0.15) is 0 Å². The fraction of sp³-hybridized carbons (Fsp3) is 0.250. The molecule has 4 nitrogen and oxygen atoms in total. The van der Waals surface area contributed by atoms with E-state index in [1.165, 1.54) is 30.0 Å². The van der Waals surface area contributed by atoms with E-state index in [-0.39, 0.29) is 5.56 Å². The van der Waals surface area contributed by atoms with Crippen molar-refractivity contribution in [2.75, 3.05) is 0 Å². The SMILES string of the molecule is O=C(O)c1cc(-c2ccc3c(c2)CCCC3)[nH]c(=O)c1.